The molecule has 2 saturated heterocycles. The van der Waals surface area contributed by atoms with Gasteiger partial charge in [0.1, 0.15) is 24.2 Å². The standard InChI is InChI=1S/C30H48N8O.H2S2/c1-29(2)9-15-36(16-10-29)22-25-5-7-26(8-6-25)38(19-20-39)23-30(32-3)11-17-37(18-12-30)28-21-27(34-24-35-28)33-14-4-13-31;1-2/h5-8,20-21,24,32H,4,9-19,22-23,31H2,1-3H3,(H,33,34,35);1-2H. The van der Waals surface area contributed by atoms with Gasteiger partial charge in [-0.05, 0) is 81.9 Å². The van der Waals surface area contributed by atoms with Crippen molar-refractivity contribution in [1.82, 2.24) is 20.2 Å². The summed E-state index contributed by atoms with van der Waals surface area (Å²) in [6, 6.07) is 10.9. The maximum absolute atomic E-state index is 11.7. The zero-order chi connectivity index (χ0) is 29.7. The summed E-state index contributed by atoms with van der Waals surface area (Å²) >= 11 is 6.44. The molecule has 11 heteroatoms. The first kappa shape index (κ1) is 33.5. The van der Waals surface area contributed by atoms with E-state index in [0.29, 0.717) is 18.5 Å². The molecule has 1 aromatic heterocycles. The highest BCUT2D eigenvalue weighted by Crippen LogP contribution is 2.31. The van der Waals surface area contributed by atoms with Crippen LogP contribution in [0.3, 0.4) is 0 Å². The van der Waals surface area contributed by atoms with Gasteiger partial charge < -0.3 is 31.0 Å². The molecule has 3 heterocycles. The smallest absolute Gasteiger partial charge is 0.139 e. The lowest BCUT2D eigenvalue weighted by atomic mass is 9.82. The Morgan fingerprint density at radius 3 is 2.34 bits per heavy atom. The Kier molecular flexibility index (Phi) is 13.5. The zero-order valence-electron chi connectivity index (χ0n) is 25.1. The van der Waals surface area contributed by atoms with Gasteiger partial charge in [0.05, 0.1) is 6.54 Å². The minimum absolute atomic E-state index is 0.0754. The molecule has 0 spiro atoms. The van der Waals surface area contributed by atoms with Gasteiger partial charge in [0, 0.05) is 50.0 Å². The fourth-order valence-electron chi connectivity index (χ4n) is 5.69. The van der Waals surface area contributed by atoms with E-state index in [9.17, 15) is 4.79 Å². The fourth-order valence-corrected chi connectivity index (χ4v) is 5.69. The van der Waals surface area contributed by atoms with Crippen molar-refractivity contribution in [1.29, 1.82) is 0 Å². The molecule has 0 aliphatic carbocycles. The largest absolute Gasteiger partial charge is 0.370 e. The number of nitrogens with two attached hydrogens (primary N) is 1. The highest BCUT2D eigenvalue weighted by atomic mass is 33.1. The number of aromatic nitrogens is 2. The average Bonchev–Trinajstić information content (AvgIpc) is 3.00. The van der Waals surface area contributed by atoms with E-state index in [1.165, 1.54) is 18.4 Å². The summed E-state index contributed by atoms with van der Waals surface area (Å²) in [6.45, 7) is 12.5. The second-order valence-corrected chi connectivity index (χ2v) is 12.0. The summed E-state index contributed by atoms with van der Waals surface area (Å²) in [4.78, 5) is 27.6. The van der Waals surface area contributed by atoms with Gasteiger partial charge >= 0.3 is 0 Å². The molecule has 2 aliphatic rings. The Labute approximate surface area is 257 Å². The summed E-state index contributed by atoms with van der Waals surface area (Å²) in [5.74, 6) is 1.78. The van der Waals surface area contributed by atoms with Gasteiger partial charge in [-0.15, -0.1) is 23.3 Å². The van der Waals surface area contributed by atoms with Gasteiger partial charge in [0.2, 0.25) is 0 Å². The molecule has 4 N–H and O–H groups in total. The molecule has 2 fully saturated rings. The number of anilines is 3. The van der Waals surface area contributed by atoms with E-state index >= 15 is 0 Å². The van der Waals surface area contributed by atoms with Gasteiger partial charge in [-0.3, -0.25) is 4.90 Å². The molecule has 0 saturated carbocycles. The van der Waals surface area contributed by atoms with E-state index in [4.69, 9.17) is 5.73 Å². The van der Waals surface area contributed by atoms with Crippen molar-refractivity contribution < 1.29 is 4.79 Å². The number of hydrogen-bond donors (Lipinski definition) is 5. The van der Waals surface area contributed by atoms with Crippen LogP contribution in [-0.4, -0.2) is 86.1 Å². The lowest BCUT2D eigenvalue weighted by molar-refractivity contribution is -0.106. The Hall–Kier alpha value is -2.05. The van der Waals surface area contributed by atoms with Crippen molar-refractivity contribution in [2.75, 3.05) is 74.5 Å². The lowest BCUT2D eigenvalue weighted by Crippen LogP contribution is -2.58. The quantitative estimate of drug-likeness (QED) is 0.101. The average molecular weight is 603 g/mol. The first-order valence-electron chi connectivity index (χ1n) is 14.8. The summed E-state index contributed by atoms with van der Waals surface area (Å²) in [6.07, 6.45) is 7.98. The minimum Gasteiger partial charge on any atom is -0.370 e. The Morgan fingerprint density at radius 2 is 1.73 bits per heavy atom. The van der Waals surface area contributed by atoms with E-state index in [0.717, 1.165) is 88.7 Å². The van der Waals surface area contributed by atoms with E-state index in [1.807, 2.05) is 13.1 Å². The number of nitrogens with one attached hydrogen (secondary N) is 2. The number of carbonyl (C=O) groups excluding carboxylic acids is 1. The van der Waals surface area contributed by atoms with Gasteiger partial charge in [-0.2, -0.15) is 0 Å². The van der Waals surface area contributed by atoms with Crippen LogP contribution in [0.1, 0.15) is 51.5 Å². The molecule has 228 valence electrons. The topological polar surface area (TPSA) is 103 Å². The number of carbonyl (C=O) groups is 1. The van der Waals surface area contributed by atoms with Crippen LogP contribution in [-0.2, 0) is 11.3 Å². The third-order valence-corrected chi connectivity index (χ3v) is 8.62. The van der Waals surface area contributed by atoms with Gasteiger partial charge in [0.15, 0.2) is 0 Å². The molecule has 1 aromatic carbocycles. The molecule has 0 amide bonds. The molecule has 41 heavy (non-hydrogen) atoms. The molecule has 0 atom stereocenters. The number of piperidine rings is 2. The molecule has 0 bridgehead atoms. The number of thiol groups is 2. The highest BCUT2D eigenvalue weighted by Gasteiger charge is 2.35. The first-order chi connectivity index (χ1) is 19.8. The predicted molar refractivity (Wildman–Crippen MR) is 178 cm³/mol. The van der Waals surface area contributed by atoms with E-state index in [2.05, 4.69) is 96.7 Å². The summed E-state index contributed by atoms with van der Waals surface area (Å²) < 4.78 is 0. The van der Waals surface area contributed by atoms with Crippen LogP contribution < -0.4 is 26.2 Å². The van der Waals surface area contributed by atoms with Crippen molar-refractivity contribution in [3.63, 3.8) is 0 Å². The maximum atomic E-state index is 11.7. The molecule has 0 radical (unpaired) electrons. The number of likely N-dealkylation sites (tertiary alicyclic amines) is 1. The van der Waals surface area contributed by atoms with Crippen molar-refractivity contribution in [3.05, 3.63) is 42.2 Å². The van der Waals surface area contributed by atoms with Crippen LogP contribution in [0.25, 0.3) is 0 Å². The second-order valence-electron chi connectivity index (χ2n) is 12.0. The molecule has 9 nitrogen and oxygen atoms in total. The van der Waals surface area contributed by atoms with E-state index in [-0.39, 0.29) is 5.54 Å². The van der Waals surface area contributed by atoms with E-state index in [1.54, 1.807) is 6.33 Å². The number of rotatable bonds is 13. The third-order valence-electron chi connectivity index (χ3n) is 8.62. The Balaban J connectivity index is 0.00000226. The second kappa shape index (κ2) is 16.6. The van der Waals surface area contributed by atoms with Crippen LogP contribution in [0, 0.1) is 5.41 Å². The van der Waals surface area contributed by atoms with Crippen molar-refractivity contribution >= 4 is 46.9 Å². The summed E-state index contributed by atoms with van der Waals surface area (Å²) in [7, 11) is 2.04. The Morgan fingerprint density at radius 1 is 1.05 bits per heavy atom. The van der Waals surface area contributed by atoms with Crippen molar-refractivity contribution in [2.45, 2.75) is 58.0 Å². The number of hydrogen-bond acceptors (Lipinski definition) is 11. The van der Waals surface area contributed by atoms with Gasteiger partial charge in [-0.1, -0.05) is 26.0 Å². The van der Waals surface area contributed by atoms with Crippen LogP contribution in [0.15, 0.2) is 36.7 Å². The normalized spacial score (nSPS) is 18.2. The van der Waals surface area contributed by atoms with Crippen LogP contribution in [0.4, 0.5) is 17.3 Å². The zero-order valence-corrected chi connectivity index (χ0v) is 26.8. The van der Waals surface area contributed by atoms with E-state index < -0.39 is 0 Å². The number of likely N-dealkylation sites (N-methyl/N-ethyl adjacent to an activating group) is 1. The van der Waals surface area contributed by atoms with Gasteiger partial charge in [0.25, 0.3) is 0 Å². The lowest BCUT2D eigenvalue weighted by Gasteiger charge is -2.45. The van der Waals surface area contributed by atoms with Crippen LogP contribution in [0.5, 0.6) is 0 Å². The minimum atomic E-state index is -0.0754. The molecule has 2 aromatic rings. The molecular weight excluding hydrogens is 553 g/mol. The molecular formula is C30H50N8OS2. The first-order valence-corrected chi connectivity index (χ1v) is 16.4. The Bertz CT molecular complexity index is 1040. The summed E-state index contributed by atoms with van der Waals surface area (Å²) in [5, 5.41) is 6.95. The fraction of sp³-hybridized carbons (Fsp3) is 0.633. The molecule has 0 unspecified atom stereocenters. The third kappa shape index (κ3) is 10.0. The number of benzene rings is 1. The monoisotopic (exact) mass is 602 g/mol. The maximum Gasteiger partial charge on any atom is 0.139 e. The summed E-state index contributed by atoms with van der Waals surface area (Å²) in [5.41, 5.74) is 8.44. The highest BCUT2D eigenvalue weighted by molar-refractivity contribution is 8.59. The molecule has 4 rings (SSSR count). The number of aldehydes is 1. The predicted octanol–water partition coefficient (Wildman–Crippen LogP) is 3.88. The molecule has 2 aliphatic heterocycles. The van der Waals surface area contributed by atoms with Crippen molar-refractivity contribution in [3.8, 4) is 0 Å². The van der Waals surface area contributed by atoms with Crippen LogP contribution >= 0.6 is 23.3 Å². The van der Waals surface area contributed by atoms with Gasteiger partial charge in [-0.25, -0.2) is 9.97 Å². The van der Waals surface area contributed by atoms with Crippen LogP contribution in [0.2, 0.25) is 0 Å². The van der Waals surface area contributed by atoms with Crippen molar-refractivity contribution in [2.24, 2.45) is 11.1 Å². The SMILES string of the molecule is CNC1(CN(CC=O)c2ccc(CN3CCC(C)(C)CC3)cc2)CCN(c2cc(NCCCN)ncn2)CC1.SS. The number of nitrogens with zero attached hydrogens (tertiary/aromatic N) is 5.